The van der Waals surface area contributed by atoms with Crippen LogP contribution in [0, 0.1) is 0 Å². The Hall–Kier alpha value is -2.87. The van der Waals surface area contributed by atoms with Crippen molar-refractivity contribution in [1.82, 2.24) is 10.2 Å². The van der Waals surface area contributed by atoms with Gasteiger partial charge in [0, 0.05) is 12.8 Å². The zero-order valence-corrected chi connectivity index (χ0v) is 15.9. The Kier molecular flexibility index (Phi) is 6.95. The summed E-state index contributed by atoms with van der Waals surface area (Å²) in [4.78, 5) is 38.9. The lowest BCUT2D eigenvalue weighted by molar-refractivity contribution is -0.139. The number of nitrogens with zero attached hydrogens (tertiary/aromatic N) is 1. The Balaban J connectivity index is 2.58. The van der Waals surface area contributed by atoms with E-state index in [9.17, 15) is 14.4 Å². The van der Waals surface area contributed by atoms with Crippen LogP contribution in [0.3, 0.4) is 0 Å². The van der Waals surface area contributed by atoms with E-state index in [0.717, 1.165) is 0 Å². The topological polar surface area (TPSA) is 94.2 Å². The van der Waals surface area contributed by atoms with Gasteiger partial charge in [-0.3, -0.25) is 4.90 Å². The van der Waals surface area contributed by atoms with Gasteiger partial charge < -0.3 is 19.5 Å². The maximum absolute atomic E-state index is 12.7. The van der Waals surface area contributed by atoms with Crippen LogP contribution < -0.4 is 5.32 Å². The number of ether oxygens (including phenoxy) is 3. The number of allylic oxidation sites excluding steroid dienone is 1. The van der Waals surface area contributed by atoms with Crippen molar-refractivity contribution >= 4 is 18.0 Å². The van der Waals surface area contributed by atoms with Gasteiger partial charge in [0.05, 0.1) is 44.0 Å². The number of benzene rings is 1. The lowest BCUT2D eigenvalue weighted by Crippen LogP contribution is -2.49. The van der Waals surface area contributed by atoms with Gasteiger partial charge in [0.15, 0.2) is 0 Å². The summed E-state index contributed by atoms with van der Waals surface area (Å²) in [5.41, 5.74) is 1.46. The minimum absolute atomic E-state index is 0.187. The first kappa shape index (κ1) is 20.4. The number of esters is 2. The van der Waals surface area contributed by atoms with E-state index >= 15 is 0 Å². The maximum atomic E-state index is 12.7. The molecular formula is C19H24N2O6. The van der Waals surface area contributed by atoms with Crippen molar-refractivity contribution in [2.24, 2.45) is 0 Å². The molecule has 2 rings (SSSR count). The number of rotatable bonds is 7. The molecule has 1 heterocycles. The molecule has 1 aromatic carbocycles. The molecule has 146 valence electrons. The van der Waals surface area contributed by atoms with Crippen LogP contribution in [-0.2, 0) is 19.0 Å². The van der Waals surface area contributed by atoms with Crippen molar-refractivity contribution in [1.29, 1.82) is 0 Å². The summed E-state index contributed by atoms with van der Waals surface area (Å²) in [6.45, 7) is 4.16. The fraction of sp³-hybridized carbons (Fsp3) is 0.421. The zero-order chi connectivity index (χ0) is 20.0. The number of hydrogen-bond acceptors (Lipinski definition) is 6. The van der Waals surface area contributed by atoms with Gasteiger partial charge in [-0.25, -0.2) is 14.4 Å². The molecule has 1 aliphatic heterocycles. The van der Waals surface area contributed by atoms with Gasteiger partial charge >= 0.3 is 18.0 Å². The number of carbonyl (C=O) groups excluding carboxylic acids is 3. The quantitative estimate of drug-likeness (QED) is 0.732. The molecule has 1 aliphatic rings. The van der Waals surface area contributed by atoms with Crippen LogP contribution in [0.5, 0.6) is 0 Å². The molecule has 0 aromatic heterocycles. The lowest BCUT2D eigenvalue weighted by Gasteiger charge is -2.35. The van der Waals surface area contributed by atoms with E-state index in [0.29, 0.717) is 17.9 Å². The van der Waals surface area contributed by atoms with Crippen LogP contribution in [0.25, 0.3) is 0 Å². The highest BCUT2D eigenvalue weighted by Crippen LogP contribution is 2.33. The highest BCUT2D eigenvalue weighted by molar-refractivity contribution is 5.97. The molecule has 0 saturated heterocycles. The molecule has 0 spiro atoms. The van der Waals surface area contributed by atoms with Crippen molar-refractivity contribution in [3.8, 4) is 0 Å². The van der Waals surface area contributed by atoms with Crippen molar-refractivity contribution in [3.05, 3.63) is 46.7 Å². The number of methoxy groups -OCH3 is 2. The molecule has 0 radical (unpaired) electrons. The monoisotopic (exact) mass is 376 g/mol. The third kappa shape index (κ3) is 4.28. The second-order valence-electron chi connectivity index (χ2n) is 5.83. The maximum Gasteiger partial charge on any atom is 0.338 e. The molecule has 8 heteroatoms. The Morgan fingerprint density at radius 1 is 1.19 bits per heavy atom. The minimum atomic E-state index is -0.828. The highest BCUT2D eigenvalue weighted by atomic mass is 16.5. The Morgan fingerprint density at radius 2 is 1.89 bits per heavy atom. The molecule has 1 aromatic rings. The van der Waals surface area contributed by atoms with E-state index in [1.807, 2.05) is 0 Å². The van der Waals surface area contributed by atoms with Gasteiger partial charge in [-0.1, -0.05) is 18.2 Å². The second kappa shape index (κ2) is 9.18. The molecule has 0 bridgehead atoms. The van der Waals surface area contributed by atoms with Crippen LogP contribution >= 0.6 is 0 Å². The molecule has 0 fully saturated rings. The summed E-state index contributed by atoms with van der Waals surface area (Å²) >= 11 is 0. The Morgan fingerprint density at radius 3 is 2.52 bits per heavy atom. The first-order chi connectivity index (χ1) is 13.0. The van der Waals surface area contributed by atoms with E-state index in [1.54, 1.807) is 38.1 Å². The van der Waals surface area contributed by atoms with Crippen LogP contribution in [0.15, 0.2) is 35.5 Å². The molecule has 2 amide bonds. The third-order valence-corrected chi connectivity index (χ3v) is 4.29. The third-order valence-electron chi connectivity index (χ3n) is 4.29. The molecular weight excluding hydrogens is 352 g/mol. The van der Waals surface area contributed by atoms with Crippen molar-refractivity contribution in [2.75, 3.05) is 34.0 Å². The molecule has 8 nitrogen and oxygen atoms in total. The largest absolute Gasteiger partial charge is 0.465 e. The SMILES string of the molecule is CCOC(=O)C1=C(C)N(CCOC)C(=O)NC1c1ccccc1C(=O)OC. The van der Waals surface area contributed by atoms with E-state index in [-0.39, 0.29) is 30.3 Å². The normalized spacial score (nSPS) is 16.8. The predicted molar refractivity (Wildman–Crippen MR) is 97.0 cm³/mol. The number of hydrogen-bond donors (Lipinski definition) is 1. The van der Waals surface area contributed by atoms with Gasteiger partial charge in [0.1, 0.15) is 0 Å². The number of nitrogens with one attached hydrogen (secondary N) is 1. The van der Waals surface area contributed by atoms with Gasteiger partial charge in [0.2, 0.25) is 0 Å². The van der Waals surface area contributed by atoms with Crippen molar-refractivity contribution < 1.29 is 28.6 Å². The zero-order valence-electron chi connectivity index (χ0n) is 15.9. The molecule has 0 aliphatic carbocycles. The van der Waals surface area contributed by atoms with E-state index < -0.39 is 18.0 Å². The number of carbonyl (C=O) groups is 3. The minimum Gasteiger partial charge on any atom is -0.465 e. The highest BCUT2D eigenvalue weighted by Gasteiger charge is 2.37. The van der Waals surface area contributed by atoms with E-state index in [2.05, 4.69) is 5.32 Å². The first-order valence-corrected chi connectivity index (χ1v) is 8.58. The fourth-order valence-electron chi connectivity index (χ4n) is 2.98. The Bertz CT molecular complexity index is 758. The summed E-state index contributed by atoms with van der Waals surface area (Å²) < 4.78 is 15.1. The summed E-state index contributed by atoms with van der Waals surface area (Å²) in [5, 5.41) is 2.80. The van der Waals surface area contributed by atoms with Crippen molar-refractivity contribution in [2.45, 2.75) is 19.9 Å². The number of urea groups is 1. The molecule has 1 atom stereocenters. The average molecular weight is 376 g/mol. The van der Waals surface area contributed by atoms with E-state index in [4.69, 9.17) is 14.2 Å². The van der Waals surface area contributed by atoms with Crippen LogP contribution in [0.4, 0.5) is 4.79 Å². The summed E-state index contributed by atoms with van der Waals surface area (Å²) in [7, 11) is 2.81. The standard InChI is InChI=1S/C19H24N2O6/c1-5-27-18(23)15-12(2)21(10-11-25-3)19(24)20-16(15)13-8-6-7-9-14(13)17(22)26-4/h6-9,16H,5,10-11H2,1-4H3,(H,20,24). The Labute approximate surface area is 158 Å². The average Bonchev–Trinajstić information content (AvgIpc) is 2.66. The smallest absolute Gasteiger partial charge is 0.338 e. The van der Waals surface area contributed by atoms with Gasteiger partial charge in [0.25, 0.3) is 0 Å². The molecule has 0 saturated carbocycles. The fourth-order valence-corrected chi connectivity index (χ4v) is 2.98. The first-order valence-electron chi connectivity index (χ1n) is 8.58. The van der Waals surface area contributed by atoms with Crippen molar-refractivity contribution in [3.63, 3.8) is 0 Å². The summed E-state index contributed by atoms with van der Waals surface area (Å²) in [6.07, 6.45) is 0. The van der Waals surface area contributed by atoms with Crippen LogP contribution in [0.1, 0.15) is 35.8 Å². The van der Waals surface area contributed by atoms with Crippen LogP contribution in [0.2, 0.25) is 0 Å². The lowest BCUT2D eigenvalue weighted by atomic mass is 9.91. The second-order valence-corrected chi connectivity index (χ2v) is 5.83. The van der Waals surface area contributed by atoms with Gasteiger partial charge in [-0.2, -0.15) is 0 Å². The molecule has 1 unspecified atom stereocenters. The van der Waals surface area contributed by atoms with Gasteiger partial charge in [-0.05, 0) is 25.5 Å². The summed E-state index contributed by atoms with van der Waals surface area (Å²) in [6, 6.07) is 5.46. The van der Waals surface area contributed by atoms with Gasteiger partial charge in [-0.15, -0.1) is 0 Å². The predicted octanol–water partition coefficient (Wildman–Crippen LogP) is 2.02. The summed E-state index contributed by atoms with van der Waals surface area (Å²) in [5.74, 6) is -1.11. The van der Waals surface area contributed by atoms with Crippen LogP contribution in [-0.4, -0.2) is 56.8 Å². The molecule has 1 N–H and O–H groups in total. The van der Waals surface area contributed by atoms with E-state index in [1.165, 1.54) is 19.1 Å². The number of amides is 2. The molecule has 27 heavy (non-hydrogen) atoms.